The molecule has 2 rings (SSSR count). The molecule has 19 heavy (non-hydrogen) atoms. The zero-order chi connectivity index (χ0) is 13.8. The lowest BCUT2D eigenvalue weighted by molar-refractivity contribution is -0.119. The molecule has 0 aromatic carbocycles. The van der Waals surface area contributed by atoms with Crippen LogP contribution in [-0.4, -0.2) is 42.4 Å². The molecule has 0 saturated carbocycles. The highest BCUT2D eigenvalue weighted by molar-refractivity contribution is 5.97. The molecule has 1 aliphatic rings. The topological polar surface area (TPSA) is 88.6 Å². The Labute approximate surface area is 111 Å². The van der Waals surface area contributed by atoms with Crippen LogP contribution in [-0.2, 0) is 4.79 Å². The summed E-state index contributed by atoms with van der Waals surface area (Å²) < 4.78 is 5.15. The minimum Gasteiger partial charge on any atom is -0.469 e. The average molecular weight is 265 g/mol. The lowest BCUT2D eigenvalue weighted by Gasteiger charge is -2.33. The van der Waals surface area contributed by atoms with Crippen molar-refractivity contribution in [1.29, 1.82) is 0 Å². The minimum absolute atomic E-state index is 0.0475. The Bertz CT molecular complexity index is 463. The number of carbonyl (C=O) groups excluding carboxylic acids is 2. The standard InChI is InChI=1S/C13H19N3O3/c1-9-11(4-7-19-9)13(18)16(8-12(14)17)10-2-5-15-6-3-10/h4,7,10,15H,2-3,5-6,8H2,1H3,(H2,14,17). The Balaban J connectivity index is 2.19. The van der Waals surface area contributed by atoms with Gasteiger partial charge in [-0.3, -0.25) is 9.59 Å². The van der Waals surface area contributed by atoms with E-state index in [0.29, 0.717) is 11.3 Å². The maximum atomic E-state index is 12.5. The minimum atomic E-state index is -0.493. The van der Waals surface area contributed by atoms with E-state index < -0.39 is 5.91 Å². The molecule has 1 fully saturated rings. The molecule has 1 aliphatic heterocycles. The number of primary amides is 1. The first kappa shape index (κ1) is 13.6. The van der Waals surface area contributed by atoms with Crippen LogP contribution in [0.5, 0.6) is 0 Å². The van der Waals surface area contributed by atoms with Crippen molar-refractivity contribution in [2.45, 2.75) is 25.8 Å². The summed E-state index contributed by atoms with van der Waals surface area (Å²) in [6, 6.07) is 1.68. The number of hydrogen-bond donors (Lipinski definition) is 2. The van der Waals surface area contributed by atoms with E-state index in [4.69, 9.17) is 10.2 Å². The first-order valence-electron chi connectivity index (χ1n) is 6.43. The van der Waals surface area contributed by atoms with Crippen LogP contribution in [0.3, 0.4) is 0 Å². The van der Waals surface area contributed by atoms with Gasteiger partial charge in [-0.1, -0.05) is 0 Å². The molecule has 0 bridgehead atoms. The molecule has 0 atom stereocenters. The fourth-order valence-electron chi connectivity index (χ4n) is 2.41. The number of furan rings is 1. The smallest absolute Gasteiger partial charge is 0.258 e. The van der Waals surface area contributed by atoms with Crippen LogP contribution in [0.4, 0.5) is 0 Å². The molecule has 0 radical (unpaired) electrons. The summed E-state index contributed by atoms with van der Waals surface area (Å²) in [5.74, 6) is -0.113. The Morgan fingerprint density at radius 1 is 1.47 bits per heavy atom. The fourth-order valence-corrected chi connectivity index (χ4v) is 2.41. The van der Waals surface area contributed by atoms with Crippen LogP contribution in [0.25, 0.3) is 0 Å². The van der Waals surface area contributed by atoms with Gasteiger partial charge in [0.2, 0.25) is 5.91 Å². The quantitative estimate of drug-likeness (QED) is 0.817. The fraction of sp³-hybridized carbons (Fsp3) is 0.538. The first-order valence-corrected chi connectivity index (χ1v) is 6.43. The zero-order valence-electron chi connectivity index (χ0n) is 11.0. The number of nitrogens with one attached hydrogen (secondary N) is 1. The van der Waals surface area contributed by atoms with E-state index in [1.807, 2.05) is 0 Å². The number of piperidine rings is 1. The maximum Gasteiger partial charge on any atom is 0.258 e. The predicted octanol–water partition coefficient (Wildman–Crippen LogP) is 0.268. The van der Waals surface area contributed by atoms with Crippen molar-refractivity contribution >= 4 is 11.8 Å². The number of nitrogens with zero attached hydrogens (tertiary/aromatic N) is 1. The molecule has 2 heterocycles. The Morgan fingerprint density at radius 3 is 2.68 bits per heavy atom. The van der Waals surface area contributed by atoms with Gasteiger partial charge < -0.3 is 20.4 Å². The molecule has 0 aliphatic carbocycles. The lowest BCUT2D eigenvalue weighted by atomic mass is 10.0. The van der Waals surface area contributed by atoms with Crippen molar-refractivity contribution in [2.75, 3.05) is 19.6 Å². The van der Waals surface area contributed by atoms with Crippen molar-refractivity contribution in [3.05, 3.63) is 23.7 Å². The second-order valence-electron chi connectivity index (χ2n) is 4.77. The van der Waals surface area contributed by atoms with Crippen LogP contribution in [0, 0.1) is 6.92 Å². The van der Waals surface area contributed by atoms with Gasteiger partial charge in [0.15, 0.2) is 0 Å². The van der Waals surface area contributed by atoms with E-state index in [2.05, 4.69) is 5.32 Å². The van der Waals surface area contributed by atoms with Crippen LogP contribution in [0.2, 0.25) is 0 Å². The van der Waals surface area contributed by atoms with Gasteiger partial charge in [-0.25, -0.2) is 0 Å². The number of aryl methyl sites for hydroxylation is 1. The highest BCUT2D eigenvalue weighted by Crippen LogP contribution is 2.18. The Kier molecular flexibility index (Phi) is 4.21. The molecule has 1 aromatic heterocycles. The third-order valence-corrected chi connectivity index (χ3v) is 3.43. The zero-order valence-corrected chi connectivity index (χ0v) is 11.0. The molecule has 0 unspecified atom stereocenters. The summed E-state index contributed by atoms with van der Waals surface area (Å²) in [4.78, 5) is 25.3. The molecular formula is C13H19N3O3. The van der Waals surface area contributed by atoms with Crippen molar-refractivity contribution < 1.29 is 14.0 Å². The molecule has 2 amide bonds. The molecule has 3 N–H and O–H groups in total. The lowest BCUT2D eigenvalue weighted by Crippen LogP contribution is -2.49. The van der Waals surface area contributed by atoms with Gasteiger partial charge >= 0.3 is 0 Å². The van der Waals surface area contributed by atoms with Crippen LogP contribution < -0.4 is 11.1 Å². The van der Waals surface area contributed by atoms with Crippen molar-refractivity contribution in [3.63, 3.8) is 0 Å². The molecule has 1 aromatic rings. The van der Waals surface area contributed by atoms with Crippen LogP contribution in [0.15, 0.2) is 16.7 Å². The van der Waals surface area contributed by atoms with Crippen molar-refractivity contribution in [1.82, 2.24) is 10.2 Å². The first-order chi connectivity index (χ1) is 9.09. The number of rotatable bonds is 4. The SMILES string of the molecule is Cc1occc1C(=O)N(CC(N)=O)C1CCNCC1. The maximum absolute atomic E-state index is 12.5. The van der Waals surface area contributed by atoms with E-state index in [9.17, 15) is 9.59 Å². The summed E-state index contributed by atoms with van der Waals surface area (Å²) in [5, 5.41) is 3.24. The summed E-state index contributed by atoms with van der Waals surface area (Å²) in [5.41, 5.74) is 5.76. The summed E-state index contributed by atoms with van der Waals surface area (Å²) in [6.45, 7) is 3.38. The van der Waals surface area contributed by atoms with E-state index in [0.717, 1.165) is 25.9 Å². The molecule has 0 spiro atoms. The second kappa shape index (κ2) is 5.88. The van der Waals surface area contributed by atoms with Gasteiger partial charge in [0, 0.05) is 6.04 Å². The van der Waals surface area contributed by atoms with Gasteiger partial charge in [-0.2, -0.15) is 0 Å². The van der Waals surface area contributed by atoms with Gasteiger partial charge in [-0.05, 0) is 38.9 Å². The van der Waals surface area contributed by atoms with Gasteiger partial charge in [-0.15, -0.1) is 0 Å². The predicted molar refractivity (Wildman–Crippen MR) is 69.6 cm³/mol. The third kappa shape index (κ3) is 3.14. The molecule has 6 nitrogen and oxygen atoms in total. The second-order valence-corrected chi connectivity index (χ2v) is 4.77. The number of amides is 2. The molecule has 1 saturated heterocycles. The van der Waals surface area contributed by atoms with Gasteiger partial charge in [0.1, 0.15) is 5.76 Å². The van der Waals surface area contributed by atoms with Crippen LogP contribution >= 0.6 is 0 Å². The molecular weight excluding hydrogens is 246 g/mol. The van der Waals surface area contributed by atoms with E-state index >= 15 is 0 Å². The summed E-state index contributed by atoms with van der Waals surface area (Å²) >= 11 is 0. The number of carbonyl (C=O) groups is 2. The van der Waals surface area contributed by atoms with E-state index in [1.54, 1.807) is 17.9 Å². The third-order valence-electron chi connectivity index (χ3n) is 3.43. The Morgan fingerprint density at radius 2 is 2.16 bits per heavy atom. The normalized spacial score (nSPS) is 16.3. The van der Waals surface area contributed by atoms with E-state index in [-0.39, 0.29) is 18.5 Å². The number of nitrogens with two attached hydrogens (primary N) is 1. The number of hydrogen-bond acceptors (Lipinski definition) is 4. The van der Waals surface area contributed by atoms with Gasteiger partial charge in [0.25, 0.3) is 5.91 Å². The average Bonchev–Trinajstić information content (AvgIpc) is 2.82. The monoisotopic (exact) mass is 265 g/mol. The van der Waals surface area contributed by atoms with Gasteiger partial charge in [0.05, 0.1) is 18.4 Å². The largest absolute Gasteiger partial charge is 0.469 e. The van der Waals surface area contributed by atoms with Crippen LogP contribution in [0.1, 0.15) is 29.0 Å². The molecule has 6 heteroatoms. The summed E-state index contributed by atoms with van der Waals surface area (Å²) in [6.07, 6.45) is 3.14. The highest BCUT2D eigenvalue weighted by atomic mass is 16.3. The van der Waals surface area contributed by atoms with Crippen molar-refractivity contribution in [3.8, 4) is 0 Å². The Hall–Kier alpha value is -1.82. The highest BCUT2D eigenvalue weighted by Gasteiger charge is 2.28. The van der Waals surface area contributed by atoms with E-state index in [1.165, 1.54) is 6.26 Å². The molecule has 104 valence electrons. The summed E-state index contributed by atoms with van der Waals surface area (Å²) in [7, 11) is 0. The van der Waals surface area contributed by atoms with Crippen molar-refractivity contribution in [2.24, 2.45) is 5.73 Å².